The molecule has 0 aliphatic heterocycles. The minimum Gasteiger partial charge on any atom is -0.493 e. The van der Waals surface area contributed by atoms with E-state index >= 15 is 0 Å². The monoisotopic (exact) mass is 387 g/mol. The number of hydrogen-bond acceptors (Lipinski definition) is 4. The number of carbonyl (C=O) groups excluding carboxylic acids is 1. The quantitative estimate of drug-likeness (QED) is 0.636. The van der Waals surface area contributed by atoms with Crippen molar-refractivity contribution in [2.75, 3.05) is 20.8 Å². The van der Waals surface area contributed by atoms with Crippen LogP contribution in [-0.2, 0) is 11.2 Å². The van der Waals surface area contributed by atoms with E-state index in [0.29, 0.717) is 24.0 Å². The van der Waals surface area contributed by atoms with Gasteiger partial charge in [-0.3, -0.25) is 4.79 Å². The van der Waals surface area contributed by atoms with E-state index in [1.165, 1.54) is 22.9 Å². The van der Waals surface area contributed by atoms with E-state index in [1.807, 2.05) is 25.1 Å². The van der Waals surface area contributed by atoms with Gasteiger partial charge in [0.2, 0.25) is 5.91 Å². The first-order chi connectivity index (χ1) is 12.9. The molecule has 5 heteroatoms. The number of amides is 1. The molecule has 1 unspecified atom stereocenters. The Morgan fingerprint density at radius 2 is 1.67 bits per heavy atom. The van der Waals surface area contributed by atoms with Crippen LogP contribution in [0.1, 0.15) is 37.8 Å². The van der Waals surface area contributed by atoms with E-state index in [-0.39, 0.29) is 11.2 Å². The van der Waals surface area contributed by atoms with Crippen molar-refractivity contribution in [3.8, 4) is 11.5 Å². The maximum atomic E-state index is 12.4. The molecule has 4 nitrogen and oxygen atoms in total. The van der Waals surface area contributed by atoms with Gasteiger partial charge in [0, 0.05) is 11.4 Å². The molecule has 0 saturated carbocycles. The highest BCUT2D eigenvalue weighted by molar-refractivity contribution is 8.00. The minimum absolute atomic E-state index is 0.0357. The number of nitrogens with one attached hydrogen (secondary N) is 1. The van der Waals surface area contributed by atoms with Crippen LogP contribution in [0.15, 0.2) is 47.4 Å². The predicted molar refractivity (Wildman–Crippen MR) is 112 cm³/mol. The summed E-state index contributed by atoms with van der Waals surface area (Å²) in [5.74, 6) is 1.92. The van der Waals surface area contributed by atoms with Crippen LogP contribution in [-0.4, -0.2) is 31.9 Å². The Labute approximate surface area is 166 Å². The molecular weight excluding hydrogens is 358 g/mol. The zero-order chi connectivity index (χ0) is 19.8. The van der Waals surface area contributed by atoms with Crippen LogP contribution in [0.4, 0.5) is 0 Å². The number of methoxy groups -OCH3 is 2. The predicted octanol–water partition coefficient (Wildman–Crippen LogP) is 4.67. The molecule has 0 heterocycles. The molecule has 0 aromatic heterocycles. The summed E-state index contributed by atoms with van der Waals surface area (Å²) in [7, 11) is 3.22. The van der Waals surface area contributed by atoms with E-state index in [4.69, 9.17) is 9.47 Å². The van der Waals surface area contributed by atoms with Crippen molar-refractivity contribution in [3.63, 3.8) is 0 Å². The van der Waals surface area contributed by atoms with Crippen LogP contribution in [0.3, 0.4) is 0 Å². The zero-order valence-corrected chi connectivity index (χ0v) is 17.6. The number of thioether (sulfide) groups is 1. The molecule has 0 bridgehead atoms. The molecule has 2 aromatic carbocycles. The van der Waals surface area contributed by atoms with Crippen LogP contribution in [0.25, 0.3) is 0 Å². The summed E-state index contributed by atoms with van der Waals surface area (Å²) in [4.78, 5) is 13.3. The number of carbonyl (C=O) groups is 1. The fraction of sp³-hybridized carbons (Fsp3) is 0.409. The van der Waals surface area contributed by atoms with Crippen LogP contribution >= 0.6 is 11.8 Å². The van der Waals surface area contributed by atoms with Crippen LogP contribution in [0, 0.1) is 0 Å². The van der Waals surface area contributed by atoms with Gasteiger partial charge in [-0.15, -0.1) is 11.8 Å². The molecule has 0 fully saturated rings. The average Bonchev–Trinajstić information content (AvgIpc) is 2.68. The Kier molecular flexibility index (Phi) is 8.04. The van der Waals surface area contributed by atoms with Gasteiger partial charge in [0.25, 0.3) is 0 Å². The van der Waals surface area contributed by atoms with Crippen molar-refractivity contribution in [1.29, 1.82) is 0 Å². The second-order valence-corrected chi connectivity index (χ2v) is 8.13. The van der Waals surface area contributed by atoms with Gasteiger partial charge >= 0.3 is 0 Å². The van der Waals surface area contributed by atoms with Gasteiger partial charge in [-0.25, -0.2) is 0 Å². The molecular formula is C22H29NO3S. The molecule has 1 amide bonds. The third kappa shape index (κ3) is 6.21. The van der Waals surface area contributed by atoms with Crippen molar-refractivity contribution in [2.45, 2.75) is 43.3 Å². The average molecular weight is 388 g/mol. The Bertz CT molecular complexity index is 744. The number of benzene rings is 2. The highest BCUT2D eigenvalue weighted by Gasteiger charge is 2.15. The van der Waals surface area contributed by atoms with E-state index < -0.39 is 0 Å². The first-order valence-corrected chi connectivity index (χ1v) is 10.1. The van der Waals surface area contributed by atoms with Gasteiger partial charge in [-0.05, 0) is 48.6 Å². The van der Waals surface area contributed by atoms with Crippen LogP contribution in [0.2, 0.25) is 0 Å². The van der Waals surface area contributed by atoms with Crippen molar-refractivity contribution in [3.05, 3.63) is 53.6 Å². The van der Waals surface area contributed by atoms with Gasteiger partial charge in [0.1, 0.15) is 0 Å². The van der Waals surface area contributed by atoms with Crippen molar-refractivity contribution in [1.82, 2.24) is 5.32 Å². The van der Waals surface area contributed by atoms with E-state index in [2.05, 4.69) is 43.4 Å². The lowest BCUT2D eigenvalue weighted by Gasteiger charge is -2.14. The molecule has 0 aliphatic rings. The fourth-order valence-electron chi connectivity index (χ4n) is 2.69. The summed E-state index contributed by atoms with van der Waals surface area (Å²) < 4.78 is 10.6. The zero-order valence-electron chi connectivity index (χ0n) is 16.7. The molecule has 1 N–H and O–H groups in total. The lowest BCUT2D eigenvalue weighted by Crippen LogP contribution is -2.32. The van der Waals surface area contributed by atoms with Gasteiger partial charge in [-0.2, -0.15) is 0 Å². The molecule has 146 valence electrons. The smallest absolute Gasteiger partial charge is 0.233 e. The molecule has 1 atom stereocenters. The highest BCUT2D eigenvalue weighted by atomic mass is 32.2. The van der Waals surface area contributed by atoms with Crippen molar-refractivity contribution >= 4 is 17.7 Å². The van der Waals surface area contributed by atoms with Gasteiger partial charge < -0.3 is 14.8 Å². The number of hydrogen-bond donors (Lipinski definition) is 1. The second-order valence-electron chi connectivity index (χ2n) is 6.71. The standard InChI is InChI=1S/C22H29NO3S/c1-15(2)18-8-6-17(7-9-18)12-13-23-22(24)16(3)27-19-10-11-20(25-4)21(14-19)26-5/h6-11,14-16H,12-13H2,1-5H3,(H,23,24). The number of rotatable bonds is 9. The normalized spacial score (nSPS) is 11.9. The third-order valence-corrected chi connectivity index (χ3v) is 5.49. The van der Waals surface area contributed by atoms with E-state index in [0.717, 1.165) is 11.3 Å². The third-order valence-electron chi connectivity index (χ3n) is 4.40. The molecule has 2 rings (SSSR count). The lowest BCUT2D eigenvalue weighted by molar-refractivity contribution is -0.120. The van der Waals surface area contributed by atoms with Crippen molar-refractivity contribution in [2.24, 2.45) is 0 Å². The lowest BCUT2D eigenvalue weighted by atomic mass is 10.0. The largest absolute Gasteiger partial charge is 0.493 e. The Balaban J connectivity index is 1.83. The molecule has 0 aliphatic carbocycles. The summed E-state index contributed by atoms with van der Waals surface area (Å²) in [6, 6.07) is 14.3. The number of ether oxygens (including phenoxy) is 2. The van der Waals surface area contributed by atoms with Gasteiger partial charge in [0.05, 0.1) is 19.5 Å². The van der Waals surface area contributed by atoms with E-state index in [9.17, 15) is 4.79 Å². The van der Waals surface area contributed by atoms with Crippen LogP contribution < -0.4 is 14.8 Å². The molecule has 27 heavy (non-hydrogen) atoms. The maximum absolute atomic E-state index is 12.4. The summed E-state index contributed by atoms with van der Waals surface area (Å²) in [6.45, 7) is 6.92. The fourth-order valence-corrected chi connectivity index (χ4v) is 3.61. The second kappa shape index (κ2) is 10.3. The topological polar surface area (TPSA) is 47.6 Å². The molecule has 2 aromatic rings. The minimum atomic E-state index is -0.189. The SMILES string of the molecule is COc1ccc(SC(C)C(=O)NCCc2ccc(C(C)C)cc2)cc1OC. The summed E-state index contributed by atoms with van der Waals surface area (Å²) in [5, 5.41) is 2.84. The van der Waals surface area contributed by atoms with Crippen molar-refractivity contribution < 1.29 is 14.3 Å². The Morgan fingerprint density at radius 1 is 1.00 bits per heavy atom. The molecule has 0 saturated heterocycles. The summed E-state index contributed by atoms with van der Waals surface area (Å²) in [6.07, 6.45) is 0.831. The van der Waals surface area contributed by atoms with E-state index in [1.54, 1.807) is 14.2 Å². The summed E-state index contributed by atoms with van der Waals surface area (Å²) in [5.41, 5.74) is 2.57. The van der Waals surface area contributed by atoms with Gasteiger partial charge in [-0.1, -0.05) is 38.1 Å². The first-order valence-electron chi connectivity index (χ1n) is 9.19. The first kappa shape index (κ1) is 21.2. The summed E-state index contributed by atoms with van der Waals surface area (Å²) >= 11 is 1.50. The molecule has 0 spiro atoms. The Morgan fingerprint density at radius 3 is 2.26 bits per heavy atom. The van der Waals surface area contributed by atoms with Crippen LogP contribution in [0.5, 0.6) is 11.5 Å². The Hall–Kier alpha value is -2.14. The maximum Gasteiger partial charge on any atom is 0.233 e. The molecule has 0 radical (unpaired) electrons. The highest BCUT2D eigenvalue weighted by Crippen LogP contribution is 2.33. The van der Waals surface area contributed by atoms with Gasteiger partial charge in [0.15, 0.2) is 11.5 Å².